The van der Waals surface area contributed by atoms with Crippen molar-refractivity contribution in [1.29, 1.82) is 0 Å². The molecule has 30 heavy (non-hydrogen) atoms. The summed E-state index contributed by atoms with van der Waals surface area (Å²) in [4.78, 5) is 23.5. The highest BCUT2D eigenvalue weighted by atomic mass is 16.5. The van der Waals surface area contributed by atoms with E-state index in [0.717, 1.165) is 63.8 Å². The molecule has 0 saturated carbocycles. The number of piperazine rings is 1. The second kappa shape index (κ2) is 11.2. The molecule has 7 nitrogen and oxygen atoms in total. The van der Waals surface area contributed by atoms with Crippen LogP contribution in [0.15, 0.2) is 29.3 Å². The Bertz CT molecular complexity index is 692. The van der Waals surface area contributed by atoms with Crippen molar-refractivity contribution in [3.05, 3.63) is 29.8 Å². The Labute approximate surface area is 181 Å². The number of rotatable bonds is 6. The van der Waals surface area contributed by atoms with Gasteiger partial charge in [-0.2, -0.15) is 0 Å². The van der Waals surface area contributed by atoms with Gasteiger partial charge in [0.15, 0.2) is 5.96 Å². The minimum absolute atomic E-state index is 0.0351. The average molecular weight is 416 g/mol. The van der Waals surface area contributed by atoms with Crippen molar-refractivity contribution in [3.63, 3.8) is 0 Å². The van der Waals surface area contributed by atoms with Crippen molar-refractivity contribution in [1.82, 2.24) is 20.0 Å². The molecule has 2 saturated heterocycles. The summed E-state index contributed by atoms with van der Waals surface area (Å²) in [5, 5.41) is 3.44. The van der Waals surface area contributed by atoms with Gasteiger partial charge < -0.3 is 19.9 Å². The fraction of sp³-hybridized carbons (Fsp3) is 0.652. The maximum Gasteiger partial charge on any atom is 0.236 e. The van der Waals surface area contributed by atoms with Gasteiger partial charge in [-0.3, -0.25) is 14.7 Å². The molecular weight excluding hydrogens is 378 g/mol. The summed E-state index contributed by atoms with van der Waals surface area (Å²) < 4.78 is 5.98. The van der Waals surface area contributed by atoms with Gasteiger partial charge in [-0.25, -0.2) is 0 Å². The van der Waals surface area contributed by atoms with Crippen molar-refractivity contribution < 1.29 is 9.53 Å². The zero-order valence-electron chi connectivity index (χ0n) is 18.8. The van der Waals surface area contributed by atoms with E-state index >= 15 is 0 Å². The molecule has 1 aromatic rings. The second-order valence-corrected chi connectivity index (χ2v) is 8.37. The van der Waals surface area contributed by atoms with Gasteiger partial charge in [-0.05, 0) is 45.2 Å². The van der Waals surface area contributed by atoms with Crippen LogP contribution in [0.2, 0.25) is 0 Å². The third kappa shape index (κ3) is 6.62. The molecule has 1 N–H and O–H groups in total. The molecule has 0 bridgehead atoms. The van der Waals surface area contributed by atoms with Crippen LogP contribution in [0.4, 0.5) is 0 Å². The Morgan fingerprint density at radius 3 is 2.33 bits per heavy atom. The summed E-state index contributed by atoms with van der Waals surface area (Å²) in [6, 6.07) is 8.13. The predicted octanol–water partition coefficient (Wildman–Crippen LogP) is 1.97. The van der Waals surface area contributed by atoms with Gasteiger partial charge >= 0.3 is 0 Å². The van der Waals surface area contributed by atoms with E-state index < -0.39 is 0 Å². The van der Waals surface area contributed by atoms with Crippen LogP contribution in [-0.4, -0.2) is 92.1 Å². The number of carbonyl (C=O) groups is 1. The summed E-state index contributed by atoms with van der Waals surface area (Å²) in [6.07, 6.45) is 3.58. The van der Waals surface area contributed by atoms with E-state index in [-0.39, 0.29) is 12.0 Å². The number of amides is 1. The van der Waals surface area contributed by atoms with E-state index in [9.17, 15) is 4.79 Å². The SMILES string of the molecule is CN=C(NCC(C)Oc1ccc(C)cc1)N1CCN(CC(=O)N2CCCCC2)CC1. The lowest BCUT2D eigenvalue weighted by Gasteiger charge is -2.37. The molecule has 3 rings (SSSR count). The zero-order chi connectivity index (χ0) is 21.3. The number of hydrogen-bond acceptors (Lipinski definition) is 4. The summed E-state index contributed by atoms with van der Waals surface area (Å²) in [6.45, 7) is 10.7. The first-order valence-corrected chi connectivity index (χ1v) is 11.2. The van der Waals surface area contributed by atoms with E-state index in [4.69, 9.17) is 4.74 Å². The zero-order valence-corrected chi connectivity index (χ0v) is 18.8. The van der Waals surface area contributed by atoms with Gasteiger partial charge in [0, 0.05) is 46.3 Å². The lowest BCUT2D eigenvalue weighted by molar-refractivity contribution is -0.133. The number of nitrogens with zero attached hydrogens (tertiary/aromatic N) is 4. The number of piperidine rings is 1. The number of ether oxygens (including phenoxy) is 1. The first-order valence-electron chi connectivity index (χ1n) is 11.2. The monoisotopic (exact) mass is 415 g/mol. The number of aliphatic imine (C=N–C) groups is 1. The summed E-state index contributed by atoms with van der Waals surface area (Å²) in [5.41, 5.74) is 1.23. The molecule has 7 heteroatoms. The fourth-order valence-electron chi connectivity index (χ4n) is 4.01. The van der Waals surface area contributed by atoms with Crippen molar-refractivity contribution in [3.8, 4) is 5.75 Å². The number of benzene rings is 1. The van der Waals surface area contributed by atoms with Crippen LogP contribution in [-0.2, 0) is 4.79 Å². The summed E-state index contributed by atoms with van der Waals surface area (Å²) >= 11 is 0. The molecule has 2 heterocycles. The second-order valence-electron chi connectivity index (χ2n) is 8.37. The molecule has 2 fully saturated rings. The first-order chi connectivity index (χ1) is 14.5. The van der Waals surface area contributed by atoms with Crippen LogP contribution in [0.3, 0.4) is 0 Å². The highest BCUT2D eigenvalue weighted by Gasteiger charge is 2.24. The molecule has 166 valence electrons. The lowest BCUT2D eigenvalue weighted by atomic mass is 10.1. The van der Waals surface area contributed by atoms with Gasteiger partial charge in [0.05, 0.1) is 13.1 Å². The lowest BCUT2D eigenvalue weighted by Crippen LogP contribution is -2.55. The molecule has 1 unspecified atom stereocenters. The minimum atomic E-state index is 0.0351. The smallest absolute Gasteiger partial charge is 0.236 e. The Hall–Kier alpha value is -2.28. The van der Waals surface area contributed by atoms with Gasteiger partial charge in [0.1, 0.15) is 11.9 Å². The molecule has 1 atom stereocenters. The fourth-order valence-corrected chi connectivity index (χ4v) is 4.01. The van der Waals surface area contributed by atoms with E-state index in [1.807, 2.05) is 24.1 Å². The third-order valence-corrected chi connectivity index (χ3v) is 5.86. The topological polar surface area (TPSA) is 60.4 Å². The molecule has 0 aromatic heterocycles. The van der Waals surface area contributed by atoms with E-state index in [1.54, 1.807) is 0 Å². The van der Waals surface area contributed by atoms with Gasteiger partial charge in [0.2, 0.25) is 5.91 Å². The third-order valence-electron chi connectivity index (χ3n) is 5.86. The maximum atomic E-state index is 12.5. The number of likely N-dealkylation sites (tertiary alicyclic amines) is 1. The summed E-state index contributed by atoms with van der Waals surface area (Å²) in [7, 11) is 1.82. The van der Waals surface area contributed by atoms with Crippen molar-refractivity contribution >= 4 is 11.9 Å². The molecule has 2 aliphatic rings. The quantitative estimate of drug-likeness (QED) is 0.569. The van der Waals surface area contributed by atoms with E-state index in [2.05, 4.69) is 46.1 Å². The molecular formula is C23H37N5O2. The highest BCUT2D eigenvalue weighted by Crippen LogP contribution is 2.13. The van der Waals surface area contributed by atoms with Crippen molar-refractivity contribution in [2.24, 2.45) is 4.99 Å². The Balaban J connectivity index is 1.38. The van der Waals surface area contributed by atoms with Crippen LogP contribution in [0.1, 0.15) is 31.7 Å². The summed E-state index contributed by atoms with van der Waals surface area (Å²) in [5.74, 6) is 2.07. The number of hydrogen-bond donors (Lipinski definition) is 1. The molecule has 1 aromatic carbocycles. The van der Waals surface area contributed by atoms with Crippen LogP contribution in [0.25, 0.3) is 0 Å². The standard InChI is InChI=1S/C23H37N5O2/c1-19-7-9-21(10-8-19)30-20(2)17-25-23(24-3)28-15-13-26(14-16-28)18-22(29)27-11-5-4-6-12-27/h7-10,20H,4-6,11-18H2,1-3H3,(H,24,25). The minimum Gasteiger partial charge on any atom is -0.489 e. The van der Waals surface area contributed by atoms with Gasteiger partial charge in [-0.1, -0.05) is 17.7 Å². The number of aryl methyl sites for hydroxylation is 1. The Kier molecular flexibility index (Phi) is 8.37. The normalized spacial score (nSPS) is 19.5. The first kappa shape index (κ1) is 22.4. The number of carbonyl (C=O) groups excluding carboxylic acids is 1. The van der Waals surface area contributed by atoms with Gasteiger partial charge in [-0.15, -0.1) is 0 Å². The Morgan fingerprint density at radius 1 is 1.03 bits per heavy atom. The Morgan fingerprint density at radius 2 is 1.70 bits per heavy atom. The highest BCUT2D eigenvalue weighted by molar-refractivity contribution is 5.80. The largest absolute Gasteiger partial charge is 0.489 e. The predicted molar refractivity (Wildman–Crippen MR) is 121 cm³/mol. The van der Waals surface area contributed by atoms with E-state index in [1.165, 1.54) is 12.0 Å². The molecule has 0 radical (unpaired) electrons. The van der Waals surface area contributed by atoms with Crippen LogP contribution >= 0.6 is 0 Å². The molecule has 0 spiro atoms. The average Bonchev–Trinajstić information content (AvgIpc) is 2.77. The molecule has 2 aliphatic heterocycles. The number of guanidine groups is 1. The molecule has 0 aliphatic carbocycles. The van der Waals surface area contributed by atoms with Crippen LogP contribution in [0.5, 0.6) is 5.75 Å². The number of nitrogens with one attached hydrogen (secondary N) is 1. The van der Waals surface area contributed by atoms with Crippen molar-refractivity contribution in [2.45, 2.75) is 39.2 Å². The van der Waals surface area contributed by atoms with Crippen LogP contribution in [0, 0.1) is 6.92 Å². The van der Waals surface area contributed by atoms with Crippen molar-refractivity contribution in [2.75, 3.05) is 59.4 Å². The molecule has 1 amide bonds. The van der Waals surface area contributed by atoms with Gasteiger partial charge in [0.25, 0.3) is 0 Å². The van der Waals surface area contributed by atoms with E-state index in [0.29, 0.717) is 13.1 Å². The maximum absolute atomic E-state index is 12.5. The van der Waals surface area contributed by atoms with Crippen LogP contribution < -0.4 is 10.1 Å².